The first-order valence-corrected chi connectivity index (χ1v) is 9.37. The Morgan fingerprint density at radius 3 is 2.59 bits per heavy atom. The molecule has 3 heterocycles. The molecule has 1 aromatic rings. The van der Waals surface area contributed by atoms with Gasteiger partial charge in [-0.15, -0.1) is 0 Å². The second-order valence-electron chi connectivity index (χ2n) is 7.06. The van der Waals surface area contributed by atoms with Crippen LogP contribution in [0.2, 0.25) is 0 Å². The summed E-state index contributed by atoms with van der Waals surface area (Å²) in [7, 11) is 3.52. The SMILES string of the molecule is COCCC(=O)N[C@H]1C[C@@H](C(=O)N2CCN(c3ncccn3)CC2)N(C)C1. The lowest BCUT2D eigenvalue weighted by Crippen LogP contribution is -2.53. The molecule has 0 radical (unpaired) electrons. The summed E-state index contributed by atoms with van der Waals surface area (Å²) in [6.45, 7) is 3.87. The van der Waals surface area contributed by atoms with Gasteiger partial charge in [-0.25, -0.2) is 9.97 Å². The molecule has 0 bridgehead atoms. The quantitative estimate of drug-likeness (QED) is 0.706. The Bertz CT molecular complexity index is 635. The summed E-state index contributed by atoms with van der Waals surface area (Å²) in [5, 5.41) is 3.00. The van der Waals surface area contributed by atoms with Crippen LogP contribution in [0.3, 0.4) is 0 Å². The number of carbonyl (C=O) groups is 2. The van der Waals surface area contributed by atoms with Gasteiger partial charge in [0, 0.05) is 64.7 Å². The maximum Gasteiger partial charge on any atom is 0.240 e. The lowest BCUT2D eigenvalue weighted by molar-refractivity contribution is -0.136. The first-order valence-electron chi connectivity index (χ1n) is 9.37. The van der Waals surface area contributed by atoms with Gasteiger partial charge in [-0.2, -0.15) is 0 Å². The van der Waals surface area contributed by atoms with Crippen LogP contribution in [-0.4, -0.2) is 97.2 Å². The van der Waals surface area contributed by atoms with Gasteiger partial charge in [0.1, 0.15) is 0 Å². The van der Waals surface area contributed by atoms with Crippen LogP contribution in [0, 0.1) is 0 Å². The van der Waals surface area contributed by atoms with E-state index in [0.717, 1.165) is 13.1 Å². The Morgan fingerprint density at radius 2 is 1.93 bits per heavy atom. The fourth-order valence-corrected chi connectivity index (χ4v) is 3.68. The average Bonchev–Trinajstić information content (AvgIpc) is 3.06. The van der Waals surface area contributed by atoms with Crippen LogP contribution in [0.15, 0.2) is 18.5 Å². The van der Waals surface area contributed by atoms with Crippen molar-refractivity contribution in [2.24, 2.45) is 0 Å². The summed E-state index contributed by atoms with van der Waals surface area (Å²) in [6.07, 6.45) is 4.46. The maximum absolute atomic E-state index is 13.0. The minimum atomic E-state index is -0.183. The Kier molecular flexibility index (Phi) is 6.57. The number of anilines is 1. The van der Waals surface area contributed by atoms with E-state index in [0.29, 0.717) is 45.0 Å². The van der Waals surface area contributed by atoms with Crippen LogP contribution in [-0.2, 0) is 14.3 Å². The highest BCUT2D eigenvalue weighted by Gasteiger charge is 2.38. The van der Waals surface area contributed by atoms with Gasteiger partial charge in [0.05, 0.1) is 12.6 Å². The number of hydrogen-bond donors (Lipinski definition) is 1. The Labute approximate surface area is 159 Å². The predicted octanol–water partition coefficient (Wildman–Crippen LogP) is -0.649. The zero-order chi connectivity index (χ0) is 19.2. The summed E-state index contributed by atoms with van der Waals surface area (Å²) in [6, 6.07) is 1.62. The summed E-state index contributed by atoms with van der Waals surface area (Å²) < 4.78 is 4.93. The average molecular weight is 376 g/mol. The zero-order valence-corrected chi connectivity index (χ0v) is 16.0. The number of nitrogens with zero attached hydrogens (tertiary/aromatic N) is 5. The van der Waals surface area contributed by atoms with Crippen molar-refractivity contribution in [3.63, 3.8) is 0 Å². The van der Waals surface area contributed by atoms with Crippen LogP contribution < -0.4 is 10.2 Å². The number of amides is 2. The van der Waals surface area contributed by atoms with Gasteiger partial charge in [0.25, 0.3) is 0 Å². The van der Waals surface area contributed by atoms with Crippen molar-refractivity contribution in [3.8, 4) is 0 Å². The monoisotopic (exact) mass is 376 g/mol. The molecule has 0 spiro atoms. The van der Waals surface area contributed by atoms with Crippen LogP contribution in [0.5, 0.6) is 0 Å². The van der Waals surface area contributed by atoms with Crippen molar-refractivity contribution in [2.75, 3.05) is 58.4 Å². The Morgan fingerprint density at radius 1 is 1.22 bits per heavy atom. The number of carbonyl (C=O) groups excluding carboxylic acids is 2. The molecule has 2 aliphatic rings. The van der Waals surface area contributed by atoms with Gasteiger partial charge in [-0.05, 0) is 19.5 Å². The topological polar surface area (TPSA) is 90.9 Å². The minimum absolute atomic E-state index is 0.00677. The van der Waals surface area contributed by atoms with Crippen LogP contribution in [0.25, 0.3) is 0 Å². The molecule has 0 aromatic carbocycles. The fraction of sp³-hybridized carbons (Fsp3) is 0.667. The van der Waals surface area contributed by atoms with E-state index in [2.05, 4.69) is 20.2 Å². The van der Waals surface area contributed by atoms with E-state index in [4.69, 9.17) is 4.74 Å². The van der Waals surface area contributed by atoms with Crippen molar-refractivity contribution >= 4 is 17.8 Å². The molecule has 9 nitrogen and oxygen atoms in total. The number of likely N-dealkylation sites (tertiary alicyclic amines) is 1. The normalized spacial score (nSPS) is 23.5. The third kappa shape index (κ3) is 4.92. The van der Waals surface area contributed by atoms with Crippen molar-refractivity contribution in [1.82, 2.24) is 25.1 Å². The van der Waals surface area contributed by atoms with E-state index in [9.17, 15) is 9.59 Å². The summed E-state index contributed by atoms with van der Waals surface area (Å²) in [5.74, 6) is 0.820. The molecule has 2 saturated heterocycles. The maximum atomic E-state index is 13.0. The van der Waals surface area contributed by atoms with Crippen molar-refractivity contribution in [1.29, 1.82) is 0 Å². The first-order chi connectivity index (χ1) is 13.1. The van der Waals surface area contributed by atoms with Gasteiger partial charge in [0.15, 0.2) is 0 Å². The fourth-order valence-electron chi connectivity index (χ4n) is 3.68. The van der Waals surface area contributed by atoms with Crippen molar-refractivity contribution < 1.29 is 14.3 Å². The number of ether oxygens (including phenoxy) is 1. The Balaban J connectivity index is 1.49. The van der Waals surface area contributed by atoms with Crippen molar-refractivity contribution in [2.45, 2.75) is 24.9 Å². The number of methoxy groups -OCH3 is 1. The number of likely N-dealkylation sites (N-methyl/N-ethyl adjacent to an activating group) is 1. The third-order valence-corrected chi connectivity index (χ3v) is 5.16. The molecule has 1 aromatic heterocycles. The first kappa shape index (κ1) is 19.5. The van der Waals surface area contributed by atoms with E-state index in [1.165, 1.54) is 0 Å². The summed E-state index contributed by atoms with van der Waals surface area (Å²) in [4.78, 5) is 39.4. The Hall–Kier alpha value is -2.26. The second-order valence-corrected chi connectivity index (χ2v) is 7.06. The van der Waals surface area contributed by atoms with E-state index in [1.54, 1.807) is 25.6 Å². The highest BCUT2D eigenvalue weighted by Crippen LogP contribution is 2.20. The zero-order valence-electron chi connectivity index (χ0n) is 16.0. The molecule has 0 aliphatic carbocycles. The number of hydrogen-bond acceptors (Lipinski definition) is 7. The summed E-state index contributed by atoms with van der Waals surface area (Å²) in [5.41, 5.74) is 0. The van der Waals surface area contributed by atoms with E-state index in [-0.39, 0.29) is 23.9 Å². The standard InChI is InChI=1S/C18H28N6O3/c1-22-13-14(21-16(25)4-11-27-2)12-15(22)17(26)23-7-9-24(10-8-23)18-19-5-3-6-20-18/h3,5-6,14-15H,4,7-13H2,1-2H3,(H,21,25)/t14-,15-/m0/s1. The molecule has 148 valence electrons. The lowest BCUT2D eigenvalue weighted by Gasteiger charge is -2.36. The molecular formula is C18H28N6O3. The summed E-state index contributed by atoms with van der Waals surface area (Å²) >= 11 is 0. The van der Waals surface area contributed by atoms with Crippen LogP contribution in [0.4, 0.5) is 5.95 Å². The van der Waals surface area contributed by atoms with Gasteiger partial charge in [-0.3, -0.25) is 14.5 Å². The third-order valence-electron chi connectivity index (χ3n) is 5.16. The number of nitrogens with one attached hydrogen (secondary N) is 1. The lowest BCUT2D eigenvalue weighted by atomic mass is 10.1. The van der Waals surface area contributed by atoms with Gasteiger partial charge in [-0.1, -0.05) is 0 Å². The highest BCUT2D eigenvalue weighted by atomic mass is 16.5. The number of piperazine rings is 1. The molecule has 27 heavy (non-hydrogen) atoms. The molecule has 1 N–H and O–H groups in total. The number of aromatic nitrogens is 2. The molecule has 0 unspecified atom stereocenters. The van der Waals surface area contributed by atoms with Crippen LogP contribution >= 0.6 is 0 Å². The van der Waals surface area contributed by atoms with E-state index in [1.807, 2.05) is 16.8 Å². The predicted molar refractivity (Wildman–Crippen MR) is 100 cm³/mol. The highest BCUT2D eigenvalue weighted by molar-refractivity contribution is 5.83. The molecule has 0 saturated carbocycles. The largest absolute Gasteiger partial charge is 0.384 e. The van der Waals surface area contributed by atoms with E-state index < -0.39 is 0 Å². The number of rotatable bonds is 6. The molecular weight excluding hydrogens is 348 g/mol. The molecule has 2 aliphatic heterocycles. The van der Waals surface area contributed by atoms with Crippen molar-refractivity contribution in [3.05, 3.63) is 18.5 Å². The van der Waals surface area contributed by atoms with Crippen LogP contribution in [0.1, 0.15) is 12.8 Å². The minimum Gasteiger partial charge on any atom is -0.384 e. The molecule has 3 rings (SSSR count). The van der Waals surface area contributed by atoms with E-state index >= 15 is 0 Å². The molecule has 2 atom stereocenters. The molecule has 2 amide bonds. The molecule has 9 heteroatoms. The second kappa shape index (κ2) is 9.09. The molecule has 2 fully saturated rings. The van der Waals surface area contributed by atoms with Gasteiger partial charge >= 0.3 is 0 Å². The smallest absolute Gasteiger partial charge is 0.240 e. The van der Waals surface area contributed by atoms with Gasteiger partial charge in [0.2, 0.25) is 17.8 Å². The van der Waals surface area contributed by atoms with Gasteiger partial charge < -0.3 is 19.9 Å².